The smallest absolute Gasteiger partial charge is 0.424 e. The number of nitrogens with zero attached hydrogens (tertiary/aromatic N) is 1. The highest BCUT2D eigenvalue weighted by Gasteiger charge is 2.68. The van der Waals surface area contributed by atoms with Crippen molar-refractivity contribution in [1.29, 1.82) is 0 Å². The number of alkyl halides is 4. The minimum absolute atomic E-state index is 0.0543. The quantitative estimate of drug-likeness (QED) is 0.719. The van der Waals surface area contributed by atoms with Gasteiger partial charge in [-0.05, 0) is 60.2 Å². The number of rotatable bonds is 2. The fraction of sp³-hybridized carbons (Fsp3) is 0.409. The van der Waals surface area contributed by atoms with Crippen molar-refractivity contribution in [2.24, 2.45) is 0 Å². The van der Waals surface area contributed by atoms with Crippen LogP contribution in [0.15, 0.2) is 30.3 Å². The van der Waals surface area contributed by atoms with Crippen LogP contribution >= 0.6 is 0 Å². The molecule has 2 atom stereocenters. The van der Waals surface area contributed by atoms with E-state index >= 15 is 0 Å². The Hall–Kier alpha value is -2.81. The predicted octanol–water partition coefficient (Wildman–Crippen LogP) is 4.10. The number of ether oxygens (including phenoxy) is 2. The first-order chi connectivity index (χ1) is 14.7. The van der Waals surface area contributed by atoms with E-state index in [9.17, 15) is 27.5 Å². The van der Waals surface area contributed by atoms with E-state index in [-0.39, 0.29) is 24.7 Å². The molecule has 1 N–H and O–H groups in total. The highest BCUT2D eigenvalue weighted by molar-refractivity contribution is 5.96. The van der Waals surface area contributed by atoms with Crippen LogP contribution in [-0.4, -0.2) is 30.5 Å². The molecule has 0 bridgehead atoms. The number of halogens is 4. The van der Waals surface area contributed by atoms with E-state index in [2.05, 4.69) is 0 Å². The SMILES string of the molecule is O=C(Cc1ccc2c(c1)OCO2)N1CCCCc2cc3c(cc21)C(F)C3(O)C(F)(F)F. The summed E-state index contributed by atoms with van der Waals surface area (Å²) in [6.45, 7) is 0.502. The average molecular weight is 437 g/mol. The van der Waals surface area contributed by atoms with Gasteiger partial charge in [-0.1, -0.05) is 6.07 Å². The van der Waals surface area contributed by atoms with Crippen LogP contribution in [0.5, 0.6) is 11.5 Å². The number of benzene rings is 2. The minimum Gasteiger partial charge on any atom is -0.454 e. The molecule has 9 heteroatoms. The molecule has 2 unspecified atom stereocenters. The number of anilines is 1. The normalized spacial score (nSPS) is 24.2. The number of fused-ring (bicyclic) bond motifs is 3. The molecule has 1 aliphatic carbocycles. The van der Waals surface area contributed by atoms with Crippen LogP contribution < -0.4 is 14.4 Å². The van der Waals surface area contributed by atoms with Crippen molar-refractivity contribution in [2.75, 3.05) is 18.2 Å². The lowest BCUT2D eigenvalue weighted by molar-refractivity contribution is -0.302. The third kappa shape index (κ3) is 2.97. The van der Waals surface area contributed by atoms with Crippen LogP contribution in [0.3, 0.4) is 0 Å². The molecule has 164 valence electrons. The van der Waals surface area contributed by atoms with Gasteiger partial charge in [-0.2, -0.15) is 13.2 Å². The lowest BCUT2D eigenvalue weighted by Gasteiger charge is -2.44. The van der Waals surface area contributed by atoms with Crippen molar-refractivity contribution >= 4 is 11.6 Å². The minimum atomic E-state index is -5.12. The Morgan fingerprint density at radius 1 is 1.16 bits per heavy atom. The summed E-state index contributed by atoms with van der Waals surface area (Å²) in [7, 11) is 0. The average Bonchev–Trinajstić information content (AvgIpc) is 3.09. The van der Waals surface area contributed by atoms with Crippen molar-refractivity contribution in [2.45, 2.75) is 43.6 Å². The molecule has 3 aliphatic rings. The maximum Gasteiger partial charge on any atom is 0.424 e. The van der Waals surface area contributed by atoms with Gasteiger partial charge in [0.05, 0.1) is 6.42 Å². The molecule has 0 spiro atoms. The van der Waals surface area contributed by atoms with Gasteiger partial charge in [0.2, 0.25) is 18.3 Å². The highest BCUT2D eigenvalue weighted by Crippen LogP contribution is 2.60. The molecule has 0 fully saturated rings. The van der Waals surface area contributed by atoms with Crippen molar-refractivity contribution in [3.05, 3.63) is 52.6 Å². The first-order valence-corrected chi connectivity index (χ1v) is 9.99. The molecular weight excluding hydrogens is 418 g/mol. The lowest BCUT2D eigenvalue weighted by atomic mass is 9.70. The van der Waals surface area contributed by atoms with Gasteiger partial charge in [-0.25, -0.2) is 4.39 Å². The Bertz CT molecular complexity index is 1070. The Morgan fingerprint density at radius 2 is 1.94 bits per heavy atom. The summed E-state index contributed by atoms with van der Waals surface area (Å²) in [5.41, 5.74) is -2.56. The third-order valence-electron chi connectivity index (χ3n) is 6.20. The summed E-state index contributed by atoms with van der Waals surface area (Å²) in [5.74, 6) is 0.902. The third-order valence-corrected chi connectivity index (χ3v) is 6.20. The van der Waals surface area contributed by atoms with Crippen LogP contribution in [0.1, 0.15) is 41.3 Å². The van der Waals surface area contributed by atoms with E-state index in [4.69, 9.17) is 9.47 Å². The van der Waals surface area contributed by atoms with Gasteiger partial charge in [0.25, 0.3) is 0 Å². The summed E-state index contributed by atoms with van der Waals surface area (Å²) in [5, 5.41) is 9.98. The number of aryl methyl sites for hydroxylation is 1. The fourth-order valence-corrected chi connectivity index (χ4v) is 4.51. The van der Waals surface area contributed by atoms with Gasteiger partial charge >= 0.3 is 6.18 Å². The number of hydrogen-bond acceptors (Lipinski definition) is 4. The standard InChI is InChI=1S/C22H19F4NO4/c23-20-14-10-16-13(9-15(14)21(20,29)22(24,25)26)3-1-2-6-27(16)19(28)8-12-4-5-17-18(7-12)31-11-30-17/h4-5,7,9-10,20,29H,1-3,6,8,11H2. The topological polar surface area (TPSA) is 59.0 Å². The summed E-state index contributed by atoms with van der Waals surface area (Å²) in [6, 6.07) is 7.69. The van der Waals surface area contributed by atoms with Crippen molar-refractivity contribution in [3.8, 4) is 11.5 Å². The Kier molecular flexibility index (Phi) is 4.44. The molecule has 5 nitrogen and oxygen atoms in total. The molecule has 2 aromatic carbocycles. The molecule has 2 aromatic rings. The van der Waals surface area contributed by atoms with E-state index in [0.717, 1.165) is 0 Å². The largest absolute Gasteiger partial charge is 0.454 e. The molecule has 0 saturated carbocycles. The zero-order valence-electron chi connectivity index (χ0n) is 16.3. The van der Waals surface area contributed by atoms with Crippen molar-refractivity contribution in [1.82, 2.24) is 0 Å². The summed E-state index contributed by atoms with van der Waals surface area (Å²) in [6.07, 6.45) is -5.87. The Balaban J connectivity index is 1.47. The van der Waals surface area contributed by atoms with Crippen LogP contribution in [0.25, 0.3) is 0 Å². The molecule has 0 radical (unpaired) electrons. The first kappa shape index (κ1) is 20.1. The maximum absolute atomic E-state index is 14.4. The van der Waals surface area contributed by atoms with Crippen LogP contribution in [0, 0.1) is 0 Å². The van der Waals surface area contributed by atoms with Crippen LogP contribution in [-0.2, 0) is 23.2 Å². The molecule has 2 aliphatic heterocycles. The number of aliphatic hydroxyl groups is 1. The van der Waals surface area contributed by atoms with Gasteiger partial charge in [-0.3, -0.25) is 4.79 Å². The van der Waals surface area contributed by atoms with E-state index in [1.165, 1.54) is 17.0 Å². The van der Waals surface area contributed by atoms with Gasteiger partial charge in [0.15, 0.2) is 17.7 Å². The first-order valence-electron chi connectivity index (χ1n) is 9.99. The van der Waals surface area contributed by atoms with E-state index < -0.39 is 23.5 Å². The van der Waals surface area contributed by atoms with Crippen LogP contribution in [0.4, 0.5) is 23.2 Å². The van der Waals surface area contributed by atoms with Gasteiger partial charge in [0.1, 0.15) is 0 Å². The molecule has 5 rings (SSSR count). The number of hydrogen-bond donors (Lipinski definition) is 1. The maximum atomic E-state index is 14.4. The van der Waals surface area contributed by atoms with Crippen molar-refractivity contribution < 1.29 is 36.9 Å². The van der Waals surface area contributed by atoms with Gasteiger partial charge < -0.3 is 19.5 Å². The summed E-state index contributed by atoms with van der Waals surface area (Å²) < 4.78 is 64.9. The molecule has 0 saturated heterocycles. The fourth-order valence-electron chi connectivity index (χ4n) is 4.51. The van der Waals surface area contributed by atoms with Gasteiger partial charge in [-0.15, -0.1) is 0 Å². The van der Waals surface area contributed by atoms with Crippen molar-refractivity contribution in [3.63, 3.8) is 0 Å². The summed E-state index contributed by atoms with van der Waals surface area (Å²) in [4.78, 5) is 14.6. The Morgan fingerprint density at radius 3 is 2.71 bits per heavy atom. The molecule has 1 amide bonds. The monoisotopic (exact) mass is 437 g/mol. The van der Waals surface area contributed by atoms with E-state index in [0.29, 0.717) is 54.1 Å². The number of carbonyl (C=O) groups is 1. The zero-order valence-corrected chi connectivity index (χ0v) is 16.3. The number of carbonyl (C=O) groups excluding carboxylic acids is 1. The molecule has 0 aromatic heterocycles. The Labute approximate surface area is 175 Å². The molecule has 31 heavy (non-hydrogen) atoms. The molecular formula is C22H19F4NO4. The van der Waals surface area contributed by atoms with E-state index in [1.54, 1.807) is 18.2 Å². The zero-order chi connectivity index (χ0) is 22.0. The number of amides is 1. The second-order valence-corrected chi connectivity index (χ2v) is 8.06. The second kappa shape index (κ2) is 6.85. The molecule has 2 heterocycles. The lowest BCUT2D eigenvalue weighted by Crippen LogP contribution is -2.53. The second-order valence-electron chi connectivity index (χ2n) is 8.06. The van der Waals surface area contributed by atoms with E-state index in [1.807, 2.05) is 0 Å². The summed E-state index contributed by atoms with van der Waals surface area (Å²) >= 11 is 0. The highest BCUT2D eigenvalue weighted by atomic mass is 19.4. The van der Waals surface area contributed by atoms with Gasteiger partial charge in [0, 0.05) is 17.8 Å². The predicted molar refractivity (Wildman–Crippen MR) is 102 cm³/mol. The van der Waals surface area contributed by atoms with Crippen LogP contribution in [0.2, 0.25) is 0 Å².